The highest BCUT2D eigenvalue weighted by Crippen LogP contribution is 2.56. The van der Waals surface area contributed by atoms with E-state index >= 15 is 0 Å². The number of aliphatic carboxylic acids is 2. The van der Waals surface area contributed by atoms with Crippen LogP contribution >= 0.6 is 0 Å². The van der Waals surface area contributed by atoms with E-state index in [9.17, 15) is 29.9 Å². The Labute approximate surface area is 232 Å². The van der Waals surface area contributed by atoms with Gasteiger partial charge in [-0.1, -0.05) is 83.4 Å². The van der Waals surface area contributed by atoms with Crippen LogP contribution in [0.1, 0.15) is 104 Å². The molecule has 0 saturated carbocycles. The van der Waals surface area contributed by atoms with Crippen molar-refractivity contribution in [2.75, 3.05) is 6.54 Å². The van der Waals surface area contributed by atoms with Crippen LogP contribution in [-0.4, -0.2) is 44.1 Å². The van der Waals surface area contributed by atoms with Gasteiger partial charge in [-0.2, -0.15) is 0 Å². The Morgan fingerprint density at radius 2 is 1.69 bits per heavy atom. The SMILES string of the molecule is C=CCCN1C(C)=C(C(=O)O)C(CCCCCC)(c2cccc([N+](=O)[O-])c2)C(C(=O)O)C1(C)CCCCCC. The molecule has 8 heteroatoms. The van der Waals surface area contributed by atoms with Crippen LogP contribution in [0.25, 0.3) is 0 Å². The highest BCUT2D eigenvalue weighted by atomic mass is 16.6. The third kappa shape index (κ3) is 6.71. The molecule has 3 unspecified atom stereocenters. The van der Waals surface area contributed by atoms with Crippen molar-refractivity contribution >= 4 is 17.6 Å². The van der Waals surface area contributed by atoms with E-state index in [1.807, 2.05) is 11.8 Å². The zero-order valence-corrected chi connectivity index (χ0v) is 24.1. The zero-order chi connectivity index (χ0) is 29.2. The standard InChI is InChI=1S/C31H46N2O6/c1-6-9-12-14-19-30(5)27(29(36)37)31(20-15-13-10-7-2,24-17-16-18-25(22-24)33(38)39)26(28(34)35)23(4)32(30)21-11-8-3/h8,16-18,22,27H,3,6-7,9-15,19-21H2,1-2,4-5H3,(H,34,35)(H,36,37). The van der Waals surface area contributed by atoms with Gasteiger partial charge in [0.1, 0.15) is 0 Å². The number of hydrogen-bond donors (Lipinski definition) is 2. The minimum Gasteiger partial charge on any atom is -0.481 e. The quantitative estimate of drug-likeness (QED) is 0.0905. The number of hydrogen-bond acceptors (Lipinski definition) is 5. The maximum Gasteiger partial charge on any atom is 0.334 e. The number of carboxylic acid groups (broad SMARTS) is 2. The number of carbonyl (C=O) groups is 2. The van der Waals surface area contributed by atoms with Crippen LogP contribution < -0.4 is 0 Å². The van der Waals surface area contributed by atoms with E-state index in [1.165, 1.54) is 18.2 Å². The lowest BCUT2D eigenvalue weighted by atomic mass is 9.53. The summed E-state index contributed by atoms with van der Waals surface area (Å²) in [5.41, 5.74) is -1.58. The number of carboxylic acids is 2. The fourth-order valence-electron chi connectivity index (χ4n) is 6.78. The first-order valence-corrected chi connectivity index (χ1v) is 14.3. The summed E-state index contributed by atoms with van der Waals surface area (Å²) in [6, 6.07) is 5.97. The number of nitrogens with zero attached hydrogens (tertiary/aromatic N) is 2. The van der Waals surface area contributed by atoms with Crippen LogP contribution in [0.3, 0.4) is 0 Å². The number of benzene rings is 1. The molecule has 2 N–H and O–H groups in total. The number of unbranched alkanes of at least 4 members (excludes halogenated alkanes) is 6. The second-order valence-corrected chi connectivity index (χ2v) is 11.0. The van der Waals surface area contributed by atoms with E-state index in [-0.39, 0.29) is 17.7 Å². The van der Waals surface area contributed by atoms with Gasteiger partial charge in [-0.15, -0.1) is 6.58 Å². The van der Waals surface area contributed by atoms with Crippen LogP contribution in [0, 0.1) is 16.0 Å². The Balaban J connectivity index is 2.98. The molecule has 1 aliphatic rings. The van der Waals surface area contributed by atoms with E-state index in [4.69, 9.17) is 0 Å². The van der Waals surface area contributed by atoms with Crippen LogP contribution in [0.15, 0.2) is 48.2 Å². The molecule has 1 heterocycles. The molecule has 0 bridgehead atoms. The molecule has 1 aromatic rings. The number of allylic oxidation sites excluding steroid dienone is 1. The third-order valence-corrected chi connectivity index (χ3v) is 8.49. The molecule has 0 saturated heterocycles. The Hall–Kier alpha value is -3.16. The lowest BCUT2D eigenvalue weighted by Gasteiger charge is -2.58. The van der Waals surface area contributed by atoms with Gasteiger partial charge >= 0.3 is 11.9 Å². The molecular formula is C31H46N2O6. The van der Waals surface area contributed by atoms with E-state index in [0.29, 0.717) is 37.1 Å². The highest BCUT2D eigenvalue weighted by molar-refractivity contribution is 5.94. The monoisotopic (exact) mass is 542 g/mol. The molecule has 2 rings (SSSR count). The zero-order valence-electron chi connectivity index (χ0n) is 24.1. The number of non-ortho nitro benzene ring substituents is 1. The summed E-state index contributed by atoms with van der Waals surface area (Å²) >= 11 is 0. The smallest absolute Gasteiger partial charge is 0.334 e. The third-order valence-electron chi connectivity index (χ3n) is 8.49. The maximum atomic E-state index is 13.5. The predicted octanol–water partition coefficient (Wildman–Crippen LogP) is 7.48. The summed E-state index contributed by atoms with van der Waals surface area (Å²) in [6.45, 7) is 12.2. The molecule has 0 aliphatic carbocycles. The van der Waals surface area contributed by atoms with Crippen molar-refractivity contribution < 1.29 is 24.7 Å². The first-order valence-electron chi connectivity index (χ1n) is 14.3. The topological polar surface area (TPSA) is 121 Å². The number of rotatable bonds is 17. The van der Waals surface area contributed by atoms with Crippen LogP contribution in [-0.2, 0) is 15.0 Å². The average molecular weight is 543 g/mol. The molecule has 3 atom stereocenters. The molecular weight excluding hydrogens is 496 g/mol. The maximum absolute atomic E-state index is 13.5. The molecule has 1 aliphatic heterocycles. The molecule has 39 heavy (non-hydrogen) atoms. The second kappa shape index (κ2) is 14.3. The predicted molar refractivity (Wildman–Crippen MR) is 154 cm³/mol. The normalized spacial score (nSPS) is 23.1. The van der Waals surface area contributed by atoms with Crippen molar-refractivity contribution in [3.8, 4) is 0 Å². The van der Waals surface area contributed by atoms with Gasteiger partial charge in [-0.3, -0.25) is 14.9 Å². The van der Waals surface area contributed by atoms with E-state index in [1.54, 1.807) is 19.1 Å². The summed E-state index contributed by atoms with van der Waals surface area (Å²) in [6.07, 6.45) is 10.3. The van der Waals surface area contributed by atoms with Crippen molar-refractivity contribution in [2.45, 2.75) is 109 Å². The Bertz CT molecular complexity index is 1070. The molecule has 0 radical (unpaired) electrons. The van der Waals surface area contributed by atoms with Crippen LogP contribution in [0.5, 0.6) is 0 Å². The minimum atomic E-state index is -1.44. The van der Waals surface area contributed by atoms with Crippen molar-refractivity contribution in [1.82, 2.24) is 4.90 Å². The van der Waals surface area contributed by atoms with E-state index in [2.05, 4.69) is 20.4 Å². The molecule has 0 amide bonds. The molecule has 8 nitrogen and oxygen atoms in total. The fraction of sp³-hybridized carbons (Fsp3) is 0.613. The van der Waals surface area contributed by atoms with Crippen LogP contribution in [0.4, 0.5) is 5.69 Å². The first kappa shape index (κ1) is 32.1. The van der Waals surface area contributed by atoms with Crippen LogP contribution in [0.2, 0.25) is 0 Å². The van der Waals surface area contributed by atoms with Gasteiger partial charge in [-0.05, 0) is 38.7 Å². The first-order chi connectivity index (χ1) is 18.5. The van der Waals surface area contributed by atoms with Gasteiger partial charge in [0.15, 0.2) is 0 Å². The van der Waals surface area contributed by atoms with Gasteiger partial charge in [0.2, 0.25) is 0 Å². The number of nitro benzene ring substituents is 1. The van der Waals surface area contributed by atoms with Gasteiger partial charge in [0.05, 0.1) is 22.0 Å². The average Bonchev–Trinajstić information content (AvgIpc) is 2.88. The van der Waals surface area contributed by atoms with Crippen molar-refractivity contribution in [3.63, 3.8) is 0 Å². The van der Waals surface area contributed by atoms with Crippen molar-refractivity contribution in [2.24, 2.45) is 5.92 Å². The highest BCUT2D eigenvalue weighted by Gasteiger charge is 2.62. The Kier molecular flexibility index (Phi) is 11.7. The summed E-state index contributed by atoms with van der Waals surface area (Å²) in [7, 11) is 0. The summed E-state index contributed by atoms with van der Waals surface area (Å²) in [5.74, 6) is -3.39. The molecule has 0 aromatic heterocycles. The molecule has 1 aromatic carbocycles. The Morgan fingerprint density at radius 1 is 1.08 bits per heavy atom. The van der Waals surface area contributed by atoms with Gasteiger partial charge in [-0.25, -0.2) is 4.79 Å². The summed E-state index contributed by atoms with van der Waals surface area (Å²) in [5, 5.41) is 33.5. The minimum absolute atomic E-state index is 0.0296. The fourth-order valence-corrected chi connectivity index (χ4v) is 6.78. The summed E-state index contributed by atoms with van der Waals surface area (Å²) < 4.78 is 0. The molecule has 216 valence electrons. The number of nitro groups is 1. The van der Waals surface area contributed by atoms with E-state index < -0.39 is 33.7 Å². The second-order valence-electron chi connectivity index (χ2n) is 11.0. The largest absolute Gasteiger partial charge is 0.481 e. The van der Waals surface area contributed by atoms with Gasteiger partial charge < -0.3 is 15.1 Å². The van der Waals surface area contributed by atoms with Crippen molar-refractivity contribution in [3.05, 3.63) is 63.9 Å². The molecule has 0 fully saturated rings. The van der Waals surface area contributed by atoms with Gasteiger partial charge in [0.25, 0.3) is 5.69 Å². The summed E-state index contributed by atoms with van der Waals surface area (Å²) in [4.78, 5) is 39.8. The molecule has 0 spiro atoms. The lowest BCUT2D eigenvalue weighted by Crippen LogP contribution is -2.65. The van der Waals surface area contributed by atoms with Gasteiger partial charge in [0, 0.05) is 29.8 Å². The Morgan fingerprint density at radius 3 is 2.21 bits per heavy atom. The van der Waals surface area contributed by atoms with E-state index in [0.717, 1.165) is 44.9 Å². The van der Waals surface area contributed by atoms with Crippen molar-refractivity contribution in [1.29, 1.82) is 0 Å². The lowest BCUT2D eigenvalue weighted by molar-refractivity contribution is -0.385.